The number of nitrogens with one attached hydrogen (secondary N) is 1. The molecule has 1 saturated carbocycles. The third kappa shape index (κ3) is 4.72. The molecule has 7 heteroatoms. The highest BCUT2D eigenvalue weighted by Crippen LogP contribution is 2.42. The van der Waals surface area contributed by atoms with Crippen molar-refractivity contribution in [2.45, 2.75) is 64.6 Å². The molecule has 1 N–H and O–H groups in total. The Morgan fingerprint density at radius 1 is 1.39 bits per heavy atom. The Morgan fingerprint density at radius 3 is 2.57 bits per heavy atom. The molecule has 1 aromatic heterocycles. The van der Waals surface area contributed by atoms with Crippen LogP contribution in [-0.4, -0.2) is 22.2 Å². The first-order chi connectivity index (χ1) is 10.9. The maximum absolute atomic E-state index is 12.8. The van der Waals surface area contributed by atoms with Crippen LogP contribution in [0.4, 0.5) is 13.2 Å². The third-order valence-corrected chi connectivity index (χ3v) is 4.30. The van der Waals surface area contributed by atoms with E-state index < -0.39 is 11.9 Å². The van der Waals surface area contributed by atoms with Crippen LogP contribution in [0.2, 0.25) is 0 Å². The number of rotatable bonds is 8. The first-order valence-corrected chi connectivity index (χ1v) is 8.29. The molecular formula is C16H24F3N3O. The highest BCUT2D eigenvalue weighted by atomic mass is 19.4. The molecule has 4 nitrogen and oxygen atoms in total. The van der Waals surface area contributed by atoms with E-state index in [1.165, 1.54) is 10.7 Å². The zero-order chi connectivity index (χ0) is 17.0. The lowest BCUT2D eigenvalue weighted by molar-refractivity contribution is -0.141. The minimum atomic E-state index is -4.40. The van der Waals surface area contributed by atoms with Gasteiger partial charge in [-0.15, -0.1) is 0 Å². The number of hydrogen-bond donors (Lipinski definition) is 1. The van der Waals surface area contributed by atoms with Crippen LogP contribution >= 0.6 is 0 Å². The second-order valence-electron chi connectivity index (χ2n) is 6.11. The van der Waals surface area contributed by atoms with Gasteiger partial charge in [0.2, 0.25) is 5.91 Å². The predicted octanol–water partition coefficient (Wildman–Crippen LogP) is 3.72. The van der Waals surface area contributed by atoms with Gasteiger partial charge in [0.15, 0.2) is 5.69 Å². The summed E-state index contributed by atoms with van der Waals surface area (Å²) < 4.78 is 39.8. The van der Waals surface area contributed by atoms with Crippen LogP contribution in [0, 0.1) is 5.92 Å². The standard InChI is InChI=1S/C16H24F3N3O/c1-3-11(4-2)15(23)20-8-5-9-22-13(12-6-7-12)10-14(21-22)16(17,18)19/h10-12H,3-9H2,1-2H3,(H,20,23). The summed E-state index contributed by atoms with van der Waals surface area (Å²) in [5, 5.41) is 6.56. The molecule has 0 atom stereocenters. The van der Waals surface area contributed by atoms with E-state index in [1.54, 1.807) is 0 Å². The molecule has 0 saturated heterocycles. The molecule has 1 amide bonds. The van der Waals surface area contributed by atoms with Crippen molar-refractivity contribution in [3.05, 3.63) is 17.5 Å². The van der Waals surface area contributed by atoms with Gasteiger partial charge in [0.05, 0.1) is 0 Å². The van der Waals surface area contributed by atoms with Crippen molar-refractivity contribution in [3.63, 3.8) is 0 Å². The topological polar surface area (TPSA) is 46.9 Å². The Labute approximate surface area is 134 Å². The highest BCUT2D eigenvalue weighted by molar-refractivity contribution is 5.78. The molecule has 1 aliphatic rings. The summed E-state index contributed by atoms with van der Waals surface area (Å²) in [6.45, 7) is 4.79. The Bertz CT molecular complexity index is 531. The average Bonchev–Trinajstić information content (AvgIpc) is 3.23. The van der Waals surface area contributed by atoms with E-state index in [0.29, 0.717) is 25.2 Å². The van der Waals surface area contributed by atoms with Crippen LogP contribution in [0.25, 0.3) is 0 Å². The minimum absolute atomic E-state index is 0.0126. The lowest BCUT2D eigenvalue weighted by atomic mass is 10.0. The number of aromatic nitrogens is 2. The van der Waals surface area contributed by atoms with Gasteiger partial charge in [-0.3, -0.25) is 9.48 Å². The Balaban J connectivity index is 1.88. The van der Waals surface area contributed by atoms with Crippen LogP contribution in [0.3, 0.4) is 0 Å². The molecule has 23 heavy (non-hydrogen) atoms. The normalized spacial score (nSPS) is 15.2. The first-order valence-electron chi connectivity index (χ1n) is 8.29. The Hall–Kier alpha value is -1.53. The van der Waals surface area contributed by atoms with Crippen molar-refractivity contribution >= 4 is 5.91 Å². The molecule has 1 aromatic rings. The predicted molar refractivity (Wildman–Crippen MR) is 80.9 cm³/mol. The van der Waals surface area contributed by atoms with E-state index in [9.17, 15) is 18.0 Å². The number of amides is 1. The summed E-state index contributed by atoms with van der Waals surface area (Å²) >= 11 is 0. The zero-order valence-electron chi connectivity index (χ0n) is 13.6. The fourth-order valence-corrected chi connectivity index (χ4v) is 2.70. The van der Waals surface area contributed by atoms with Crippen molar-refractivity contribution in [3.8, 4) is 0 Å². The monoisotopic (exact) mass is 331 g/mol. The number of alkyl halides is 3. The fraction of sp³-hybridized carbons (Fsp3) is 0.750. The van der Waals surface area contributed by atoms with Crippen molar-refractivity contribution in [1.82, 2.24) is 15.1 Å². The Morgan fingerprint density at radius 2 is 2.04 bits per heavy atom. The summed E-state index contributed by atoms with van der Waals surface area (Å²) in [7, 11) is 0. The smallest absolute Gasteiger partial charge is 0.356 e. The lowest BCUT2D eigenvalue weighted by Gasteiger charge is -2.13. The summed E-state index contributed by atoms with van der Waals surface area (Å²) in [6, 6.07) is 1.17. The van der Waals surface area contributed by atoms with Gasteiger partial charge in [-0.2, -0.15) is 18.3 Å². The number of nitrogens with zero attached hydrogens (tertiary/aromatic N) is 2. The third-order valence-electron chi connectivity index (χ3n) is 4.30. The highest BCUT2D eigenvalue weighted by Gasteiger charge is 2.37. The van der Waals surface area contributed by atoms with E-state index in [4.69, 9.17) is 0 Å². The minimum Gasteiger partial charge on any atom is -0.356 e. The molecule has 0 aliphatic heterocycles. The van der Waals surface area contributed by atoms with Gasteiger partial charge >= 0.3 is 6.18 Å². The first kappa shape index (κ1) is 17.8. The molecule has 1 fully saturated rings. The van der Waals surface area contributed by atoms with Crippen LogP contribution < -0.4 is 5.32 Å². The van der Waals surface area contributed by atoms with E-state index in [-0.39, 0.29) is 17.7 Å². The van der Waals surface area contributed by atoms with E-state index in [1.807, 2.05) is 13.8 Å². The SMILES string of the molecule is CCC(CC)C(=O)NCCCn1nc(C(F)(F)F)cc1C1CC1. The fourth-order valence-electron chi connectivity index (χ4n) is 2.70. The molecule has 0 unspecified atom stereocenters. The van der Waals surface area contributed by atoms with Gasteiger partial charge in [-0.05, 0) is 38.2 Å². The average molecular weight is 331 g/mol. The van der Waals surface area contributed by atoms with Crippen molar-refractivity contribution < 1.29 is 18.0 Å². The quantitative estimate of drug-likeness (QED) is 0.738. The van der Waals surface area contributed by atoms with Gasteiger partial charge in [0.25, 0.3) is 0 Å². The van der Waals surface area contributed by atoms with E-state index in [2.05, 4.69) is 10.4 Å². The molecule has 0 aromatic carbocycles. The molecule has 0 bridgehead atoms. The second kappa shape index (κ2) is 7.36. The summed E-state index contributed by atoms with van der Waals surface area (Å²) in [5.41, 5.74) is -0.149. The largest absolute Gasteiger partial charge is 0.435 e. The van der Waals surface area contributed by atoms with Crippen LogP contribution in [0.15, 0.2) is 6.07 Å². The van der Waals surface area contributed by atoms with E-state index >= 15 is 0 Å². The molecule has 1 heterocycles. The maximum atomic E-state index is 12.8. The lowest BCUT2D eigenvalue weighted by Crippen LogP contribution is -2.31. The van der Waals surface area contributed by atoms with Crippen molar-refractivity contribution in [2.75, 3.05) is 6.54 Å². The number of hydrogen-bond acceptors (Lipinski definition) is 2. The number of carbonyl (C=O) groups is 1. The van der Waals surface area contributed by atoms with Gasteiger partial charge in [0.1, 0.15) is 0 Å². The van der Waals surface area contributed by atoms with Gasteiger partial charge < -0.3 is 5.32 Å². The zero-order valence-corrected chi connectivity index (χ0v) is 13.6. The number of carbonyl (C=O) groups excluding carboxylic acids is 1. The van der Waals surface area contributed by atoms with Crippen molar-refractivity contribution in [2.24, 2.45) is 5.92 Å². The summed E-state index contributed by atoms with van der Waals surface area (Å²) in [4.78, 5) is 11.9. The summed E-state index contributed by atoms with van der Waals surface area (Å²) in [6.07, 6.45) is -0.392. The molecule has 1 aliphatic carbocycles. The van der Waals surface area contributed by atoms with Gasteiger partial charge in [0, 0.05) is 30.6 Å². The summed E-state index contributed by atoms with van der Waals surface area (Å²) in [5.74, 6) is 0.241. The van der Waals surface area contributed by atoms with Gasteiger partial charge in [-0.25, -0.2) is 0 Å². The number of halogens is 3. The molecule has 0 spiro atoms. The van der Waals surface area contributed by atoms with Crippen LogP contribution in [0.5, 0.6) is 0 Å². The van der Waals surface area contributed by atoms with E-state index in [0.717, 1.165) is 25.7 Å². The molecule has 0 radical (unpaired) electrons. The second-order valence-corrected chi connectivity index (χ2v) is 6.11. The number of aryl methyl sites for hydroxylation is 1. The van der Waals surface area contributed by atoms with Crippen molar-refractivity contribution in [1.29, 1.82) is 0 Å². The maximum Gasteiger partial charge on any atom is 0.435 e. The molecule has 2 rings (SSSR count). The molecular weight excluding hydrogens is 307 g/mol. The Kier molecular flexibility index (Phi) is 5.70. The molecule has 130 valence electrons. The van der Waals surface area contributed by atoms with Gasteiger partial charge in [-0.1, -0.05) is 13.8 Å². The van der Waals surface area contributed by atoms with Crippen LogP contribution in [0.1, 0.15) is 63.3 Å². The van der Waals surface area contributed by atoms with Crippen LogP contribution in [-0.2, 0) is 17.5 Å².